The summed E-state index contributed by atoms with van der Waals surface area (Å²) in [6.45, 7) is 9.00. The molecule has 5 rings (SSSR count). The third-order valence-electron chi connectivity index (χ3n) is 5.99. The summed E-state index contributed by atoms with van der Waals surface area (Å²) < 4.78 is 5.79. The van der Waals surface area contributed by atoms with Crippen LogP contribution in [0.2, 0.25) is 0 Å². The predicted octanol–water partition coefficient (Wildman–Crippen LogP) is 5.41. The molecule has 2 heterocycles. The van der Waals surface area contributed by atoms with Crippen LogP contribution in [-0.2, 0) is 6.54 Å². The number of hydrogen-bond donors (Lipinski definition) is 0. The molecule has 0 radical (unpaired) electrons. The van der Waals surface area contributed by atoms with Crippen molar-refractivity contribution < 1.29 is 4.74 Å². The molecule has 5 heteroatoms. The van der Waals surface area contributed by atoms with Gasteiger partial charge in [0.25, 0.3) is 0 Å². The van der Waals surface area contributed by atoms with Gasteiger partial charge in [-0.2, -0.15) is 0 Å². The van der Waals surface area contributed by atoms with E-state index in [1.165, 1.54) is 5.56 Å². The Balaban J connectivity index is 1.39. The molecule has 0 amide bonds. The second kappa shape index (κ2) is 9.59. The fourth-order valence-electron chi connectivity index (χ4n) is 4.34. The van der Waals surface area contributed by atoms with E-state index < -0.39 is 0 Å². The molecule has 3 aromatic carbocycles. The first-order valence-corrected chi connectivity index (χ1v) is 11.7. The molecule has 1 aliphatic rings. The number of anilines is 1. The monoisotopic (exact) mass is 438 g/mol. The minimum atomic E-state index is 0.153. The van der Waals surface area contributed by atoms with Gasteiger partial charge in [-0.05, 0) is 55.8 Å². The van der Waals surface area contributed by atoms with Crippen molar-refractivity contribution in [2.45, 2.75) is 26.5 Å². The molecule has 168 valence electrons. The van der Waals surface area contributed by atoms with E-state index in [0.29, 0.717) is 0 Å². The Hall–Kier alpha value is -3.44. The van der Waals surface area contributed by atoms with Crippen LogP contribution in [0.3, 0.4) is 0 Å². The van der Waals surface area contributed by atoms with Crippen molar-refractivity contribution in [3.05, 3.63) is 84.4 Å². The minimum absolute atomic E-state index is 0.153. The van der Waals surface area contributed by atoms with Crippen molar-refractivity contribution in [3.8, 4) is 17.1 Å². The van der Waals surface area contributed by atoms with Crippen LogP contribution in [0.5, 0.6) is 5.75 Å². The van der Waals surface area contributed by atoms with Gasteiger partial charge < -0.3 is 9.64 Å². The first-order valence-electron chi connectivity index (χ1n) is 11.7. The molecule has 0 bridgehead atoms. The number of ether oxygens (including phenoxy) is 1. The molecule has 0 atom stereocenters. The summed E-state index contributed by atoms with van der Waals surface area (Å²) in [7, 11) is 0. The van der Waals surface area contributed by atoms with Crippen LogP contribution in [-0.4, -0.2) is 47.2 Å². The Kier molecular flexibility index (Phi) is 6.22. The molecule has 1 aromatic heterocycles. The number of nitrogens with zero attached hydrogens (tertiary/aromatic N) is 4. The zero-order valence-corrected chi connectivity index (χ0v) is 19.3. The van der Waals surface area contributed by atoms with Gasteiger partial charge >= 0.3 is 0 Å². The predicted molar refractivity (Wildman–Crippen MR) is 135 cm³/mol. The second-order valence-corrected chi connectivity index (χ2v) is 8.83. The largest absolute Gasteiger partial charge is 0.491 e. The number of hydrogen-bond acceptors (Lipinski definition) is 5. The van der Waals surface area contributed by atoms with E-state index in [2.05, 4.69) is 58.3 Å². The Morgan fingerprint density at radius 1 is 0.788 bits per heavy atom. The van der Waals surface area contributed by atoms with E-state index in [1.807, 2.05) is 44.2 Å². The third-order valence-corrected chi connectivity index (χ3v) is 5.99. The van der Waals surface area contributed by atoms with Gasteiger partial charge in [0.1, 0.15) is 11.6 Å². The van der Waals surface area contributed by atoms with Gasteiger partial charge in [0, 0.05) is 43.7 Å². The van der Waals surface area contributed by atoms with E-state index in [-0.39, 0.29) is 6.10 Å². The maximum atomic E-state index is 5.79. The van der Waals surface area contributed by atoms with Crippen molar-refractivity contribution in [2.75, 3.05) is 31.1 Å². The van der Waals surface area contributed by atoms with Crippen LogP contribution in [0.25, 0.3) is 22.3 Å². The van der Waals surface area contributed by atoms with E-state index in [9.17, 15) is 0 Å². The molecule has 0 aliphatic carbocycles. The molecular formula is C28H30N4O. The van der Waals surface area contributed by atoms with Crippen molar-refractivity contribution in [2.24, 2.45) is 0 Å². The van der Waals surface area contributed by atoms with Gasteiger partial charge in [0.05, 0.1) is 11.6 Å². The molecule has 5 nitrogen and oxygen atoms in total. The van der Waals surface area contributed by atoms with E-state index in [0.717, 1.165) is 66.6 Å². The maximum Gasteiger partial charge on any atom is 0.162 e. The molecule has 1 aliphatic heterocycles. The number of para-hydroxylation sites is 1. The Bertz CT molecular complexity index is 1200. The van der Waals surface area contributed by atoms with Gasteiger partial charge in [-0.15, -0.1) is 0 Å². The number of fused-ring (bicyclic) bond motifs is 1. The molecule has 1 fully saturated rings. The lowest BCUT2D eigenvalue weighted by atomic mass is 10.1. The van der Waals surface area contributed by atoms with Gasteiger partial charge in [-0.1, -0.05) is 42.5 Å². The second-order valence-electron chi connectivity index (χ2n) is 8.83. The first-order chi connectivity index (χ1) is 16.2. The van der Waals surface area contributed by atoms with E-state index in [1.54, 1.807) is 0 Å². The number of rotatable bonds is 6. The van der Waals surface area contributed by atoms with E-state index >= 15 is 0 Å². The highest BCUT2D eigenvalue weighted by atomic mass is 16.5. The van der Waals surface area contributed by atoms with Crippen LogP contribution in [0.1, 0.15) is 19.4 Å². The highest BCUT2D eigenvalue weighted by molar-refractivity contribution is 5.91. The third kappa shape index (κ3) is 4.99. The van der Waals surface area contributed by atoms with Crippen molar-refractivity contribution >= 4 is 16.7 Å². The van der Waals surface area contributed by atoms with Crippen molar-refractivity contribution in [1.82, 2.24) is 14.9 Å². The highest BCUT2D eigenvalue weighted by Crippen LogP contribution is 2.29. The summed E-state index contributed by atoms with van der Waals surface area (Å²) in [5, 5.41) is 1.11. The van der Waals surface area contributed by atoms with Crippen LogP contribution < -0.4 is 9.64 Å². The fraction of sp³-hybridized carbons (Fsp3) is 0.286. The lowest BCUT2D eigenvalue weighted by Crippen LogP contribution is -2.46. The summed E-state index contributed by atoms with van der Waals surface area (Å²) >= 11 is 0. The number of piperazine rings is 1. The summed E-state index contributed by atoms with van der Waals surface area (Å²) in [5.74, 6) is 2.65. The zero-order valence-electron chi connectivity index (χ0n) is 19.3. The summed E-state index contributed by atoms with van der Waals surface area (Å²) in [6.07, 6.45) is 0.153. The molecule has 33 heavy (non-hydrogen) atoms. The number of benzene rings is 3. The Morgan fingerprint density at radius 2 is 1.48 bits per heavy atom. The maximum absolute atomic E-state index is 5.79. The molecule has 4 aromatic rings. The highest BCUT2D eigenvalue weighted by Gasteiger charge is 2.21. The summed E-state index contributed by atoms with van der Waals surface area (Å²) in [4.78, 5) is 14.8. The molecule has 1 saturated heterocycles. The number of aromatic nitrogens is 2. The SMILES string of the molecule is CC(C)Oc1ccc(-c2nc(N3CCN(Cc4ccccc4)CC3)c3ccccc3n2)cc1. The molecule has 0 N–H and O–H groups in total. The summed E-state index contributed by atoms with van der Waals surface area (Å²) in [6, 6.07) is 27.1. The summed E-state index contributed by atoms with van der Waals surface area (Å²) in [5.41, 5.74) is 3.35. The van der Waals surface area contributed by atoms with Crippen LogP contribution in [0.15, 0.2) is 78.9 Å². The van der Waals surface area contributed by atoms with Crippen LogP contribution in [0.4, 0.5) is 5.82 Å². The molecule has 0 saturated carbocycles. The van der Waals surface area contributed by atoms with Gasteiger partial charge in [0.2, 0.25) is 0 Å². The van der Waals surface area contributed by atoms with Crippen LogP contribution >= 0.6 is 0 Å². The zero-order chi connectivity index (χ0) is 22.6. The van der Waals surface area contributed by atoms with E-state index in [4.69, 9.17) is 14.7 Å². The average Bonchev–Trinajstić information content (AvgIpc) is 2.85. The smallest absolute Gasteiger partial charge is 0.162 e. The van der Waals surface area contributed by atoms with Crippen LogP contribution in [0, 0.1) is 0 Å². The minimum Gasteiger partial charge on any atom is -0.491 e. The lowest BCUT2D eigenvalue weighted by Gasteiger charge is -2.36. The van der Waals surface area contributed by atoms with Crippen molar-refractivity contribution in [3.63, 3.8) is 0 Å². The first kappa shape index (κ1) is 21.4. The fourth-order valence-corrected chi connectivity index (χ4v) is 4.34. The molecular weight excluding hydrogens is 408 g/mol. The Labute approximate surface area is 195 Å². The van der Waals surface area contributed by atoms with Crippen molar-refractivity contribution in [1.29, 1.82) is 0 Å². The standard InChI is InChI=1S/C28H30N4O/c1-21(2)33-24-14-12-23(13-15-24)27-29-26-11-7-6-10-25(26)28(30-27)32-18-16-31(17-19-32)20-22-8-4-3-5-9-22/h3-15,21H,16-20H2,1-2H3. The normalized spacial score (nSPS) is 14.7. The molecule has 0 unspecified atom stereocenters. The van der Waals surface area contributed by atoms with Gasteiger partial charge in [-0.3, -0.25) is 4.90 Å². The Morgan fingerprint density at radius 3 is 2.21 bits per heavy atom. The average molecular weight is 439 g/mol. The lowest BCUT2D eigenvalue weighted by molar-refractivity contribution is 0.242. The van der Waals surface area contributed by atoms with Gasteiger partial charge in [-0.25, -0.2) is 9.97 Å². The quantitative estimate of drug-likeness (QED) is 0.403. The molecule has 0 spiro atoms. The van der Waals surface area contributed by atoms with Gasteiger partial charge in [0.15, 0.2) is 5.82 Å². The topological polar surface area (TPSA) is 41.5 Å².